The molecule has 0 fully saturated rings. The molecule has 0 aromatic rings. The summed E-state index contributed by atoms with van der Waals surface area (Å²) in [5.41, 5.74) is -1.25. The Morgan fingerprint density at radius 2 is 1.76 bits per heavy atom. The standard InChI is InChI=1S/C12H12F6N2O5/c13-11(14,15)4-24-6-1-2-10(9(23)20-19,7(3-6)8(21)22)25-5-12(16,17)18/h1-3,7H,4-5,19H2,(H,20,23)(H,21,22)/t7-,10-/m1/s1. The lowest BCUT2D eigenvalue weighted by Gasteiger charge is -2.35. The number of amides is 1. The van der Waals surface area contributed by atoms with E-state index in [9.17, 15) is 35.9 Å². The second-order valence-corrected chi connectivity index (χ2v) is 4.79. The van der Waals surface area contributed by atoms with Gasteiger partial charge in [-0.1, -0.05) is 0 Å². The van der Waals surface area contributed by atoms with Crippen LogP contribution in [-0.4, -0.2) is 48.2 Å². The van der Waals surface area contributed by atoms with E-state index in [2.05, 4.69) is 9.47 Å². The van der Waals surface area contributed by atoms with Crippen LogP contribution in [0.5, 0.6) is 0 Å². The van der Waals surface area contributed by atoms with Crippen molar-refractivity contribution in [2.75, 3.05) is 13.2 Å². The summed E-state index contributed by atoms with van der Waals surface area (Å²) in [4.78, 5) is 23.2. The van der Waals surface area contributed by atoms with Crippen molar-refractivity contribution < 1.29 is 50.5 Å². The van der Waals surface area contributed by atoms with Gasteiger partial charge in [-0.15, -0.1) is 0 Å². The molecular formula is C12H12F6N2O5. The molecule has 0 saturated carbocycles. The number of aliphatic carboxylic acids is 1. The molecule has 0 heterocycles. The summed E-state index contributed by atoms with van der Waals surface area (Å²) in [6.45, 7) is -3.77. The van der Waals surface area contributed by atoms with Gasteiger partial charge >= 0.3 is 18.3 Å². The Morgan fingerprint density at radius 1 is 1.20 bits per heavy atom. The molecule has 0 radical (unpaired) electrons. The molecule has 0 aromatic heterocycles. The number of nitrogens with two attached hydrogens (primary N) is 1. The van der Waals surface area contributed by atoms with Crippen molar-refractivity contribution in [3.63, 3.8) is 0 Å². The normalized spacial score (nSPS) is 23.8. The summed E-state index contributed by atoms with van der Waals surface area (Å²) in [5, 5.41) is 9.16. The second kappa shape index (κ2) is 7.31. The Labute approximate surface area is 136 Å². The number of alkyl halides is 6. The lowest BCUT2D eigenvalue weighted by Crippen LogP contribution is -2.57. The summed E-state index contributed by atoms with van der Waals surface area (Å²) < 4.78 is 82.3. The fourth-order valence-corrected chi connectivity index (χ4v) is 1.90. The van der Waals surface area contributed by atoms with E-state index in [0.29, 0.717) is 18.2 Å². The monoisotopic (exact) mass is 378 g/mol. The number of rotatable bonds is 6. The van der Waals surface area contributed by atoms with E-state index in [1.54, 1.807) is 0 Å². The Bertz CT molecular complexity index is 586. The fraction of sp³-hybridized carbons (Fsp3) is 0.500. The third kappa shape index (κ3) is 5.63. The molecule has 0 aliphatic heterocycles. The summed E-state index contributed by atoms with van der Waals surface area (Å²) in [6, 6.07) is 0. The van der Waals surface area contributed by atoms with Gasteiger partial charge in [0.05, 0.1) is 0 Å². The second-order valence-electron chi connectivity index (χ2n) is 4.79. The average Bonchev–Trinajstić information content (AvgIpc) is 2.48. The molecule has 0 unspecified atom stereocenters. The number of halogens is 6. The Balaban J connectivity index is 3.16. The molecule has 7 nitrogen and oxygen atoms in total. The van der Waals surface area contributed by atoms with Gasteiger partial charge in [-0.25, -0.2) is 5.84 Å². The first-order valence-corrected chi connectivity index (χ1v) is 6.36. The third-order valence-electron chi connectivity index (χ3n) is 2.92. The smallest absolute Gasteiger partial charge is 0.422 e. The van der Waals surface area contributed by atoms with Gasteiger partial charge in [0.25, 0.3) is 5.91 Å². The first-order chi connectivity index (χ1) is 11.3. The highest BCUT2D eigenvalue weighted by atomic mass is 19.4. The van der Waals surface area contributed by atoms with E-state index in [4.69, 9.17) is 10.9 Å². The number of carbonyl (C=O) groups excluding carboxylic acids is 1. The number of carboxylic acids is 1. The molecule has 1 aliphatic carbocycles. The van der Waals surface area contributed by atoms with E-state index in [0.717, 1.165) is 0 Å². The largest absolute Gasteiger partial charge is 0.484 e. The zero-order chi connectivity index (χ0) is 19.5. The molecule has 142 valence electrons. The molecule has 0 spiro atoms. The maximum absolute atomic E-state index is 12.4. The molecule has 0 aromatic carbocycles. The minimum absolute atomic E-state index is 0.527. The van der Waals surface area contributed by atoms with E-state index in [1.807, 2.05) is 0 Å². The van der Waals surface area contributed by atoms with Crippen molar-refractivity contribution in [1.82, 2.24) is 5.43 Å². The van der Waals surface area contributed by atoms with E-state index in [-0.39, 0.29) is 0 Å². The van der Waals surface area contributed by atoms with Crippen LogP contribution in [-0.2, 0) is 19.1 Å². The zero-order valence-corrected chi connectivity index (χ0v) is 12.1. The van der Waals surface area contributed by atoms with E-state index < -0.39 is 54.7 Å². The molecule has 0 bridgehead atoms. The summed E-state index contributed by atoms with van der Waals surface area (Å²) >= 11 is 0. The average molecular weight is 378 g/mol. The van der Waals surface area contributed by atoms with Crippen LogP contribution in [0.2, 0.25) is 0 Å². The van der Waals surface area contributed by atoms with Gasteiger partial charge in [0.15, 0.2) is 12.2 Å². The molecule has 13 heteroatoms. The Morgan fingerprint density at radius 3 is 2.20 bits per heavy atom. The van der Waals surface area contributed by atoms with Crippen LogP contribution < -0.4 is 11.3 Å². The third-order valence-corrected chi connectivity index (χ3v) is 2.92. The van der Waals surface area contributed by atoms with Crippen LogP contribution in [0, 0.1) is 5.92 Å². The predicted molar refractivity (Wildman–Crippen MR) is 67.4 cm³/mol. The first-order valence-electron chi connectivity index (χ1n) is 6.36. The maximum atomic E-state index is 12.4. The van der Waals surface area contributed by atoms with Crippen molar-refractivity contribution in [2.24, 2.45) is 11.8 Å². The molecule has 1 rings (SSSR count). The number of carboxylic acid groups (broad SMARTS) is 1. The minimum atomic E-state index is -4.91. The lowest BCUT2D eigenvalue weighted by molar-refractivity contribution is -0.207. The number of hydrogen-bond acceptors (Lipinski definition) is 5. The van der Waals surface area contributed by atoms with Gasteiger partial charge in [-0.05, 0) is 18.2 Å². The molecule has 1 aliphatic rings. The van der Waals surface area contributed by atoms with Crippen molar-refractivity contribution in [3.05, 3.63) is 24.0 Å². The van der Waals surface area contributed by atoms with Crippen molar-refractivity contribution in [3.8, 4) is 0 Å². The molecule has 4 N–H and O–H groups in total. The van der Waals surface area contributed by atoms with E-state index >= 15 is 0 Å². The number of ether oxygens (including phenoxy) is 2. The Hall–Kier alpha value is -2.28. The SMILES string of the molecule is NNC(=O)[C@@]1(OCC(F)(F)F)C=CC(OCC(F)(F)F)=C[C@@H]1C(=O)O. The summed E-state index contributed by atoms with van der Waals surface area (Å²) in [6.07, 6.45) is -7.87. The maximum Gasteiger partial charge on any atom is 0.422 e. The van der Waals surface area contributed by atoms with Gasteiger partial charge in [-0.3, -0.25) is 15.0 Å². The van der Waals surface area contributed by atoms with Crippen LogP contribution in [0.25, 0.3) is 0 Å². The number of carbonyl (C=O) groups is 2. The minimum Gasteiger partial charge on any atom is -0.484 e. The van der Waals surface area contributed by atoms with Gasteiger partial charge in [-0.2, -0.15) is 26.3 Å². The topological polar surface area (TPSA) is 111 Å². The summed E-state index contributed by atoms with van der Waals surface area (Å²) in [5.74, 6) is -1.16. The highest BCUT2D eigenvalue weighted by Gasteiger charge is 2.51. The van der Waals surface area contributed by atoms with Gasteiger partial charge in [0, 0.05) is 0 Å². The number of allylic oxidation sites excluding steroid dienone is 1. The fourth-order valence-electron chi connectivity index (χ4n) is 1.90. The van der Waals surface area contributed by atoms with Gasteiger partial charge < -0.3 is 14.6 Å². The van der Waals surface area contributed by atoms with Crippen LogP contribution in [0.1, 0.15) is 0 Å². The van der Waals surface area contributed by atoms with Crippen molar-refractivity contribution in [1.29, 1.82) is 0 Å². The van der Waals surface area contributed by atoms with E-state index in [1.165, 1.54) is 5.43 Å². The summed E-state index contributed by atoms with van der Waals surface area (Å²) in [7, 11) is 0. The number of hydrogen-bond donors (Lipinski definition) is 3. The van der Waals surface area contributed by atoms with Crippen LogP contribution in [0.3, 0.4) is 0 Å². The lowest BCUT2D eigenvalue weighted by atomic mass is 9.82. The predicted octanol–water partition coefficient (Wildman–Crippen LogP) is 1.03. The molecule has 1 amide bonds. The zero-order valence-electron chi connectivity index (χ0n) is 12.1. The van der Waals surface area contributed by atoms with Crippen molar-refractivity contribution >= 4 is 11.9 Å². The first kappa shape index (κ1) is 20.8. The highest BCUT2D eigenvalue weighted by molar-refractivity contribution is 5.94. The van der Waals surface area contributed by atoms with Crippen LogP contribution >= 0.6 is 0 Å². The van der Waals surface area contributed by atoms with Gasteiger partial charge in [0.1, 0.15) is 18.3 Å². The van der Waals surface area contributed by atoms with Crippen molar-refractivity contribution in [2.45, 2.75) is 18.0 Å². The molecular weight excluding hydrogens is 366 g/mol. The molecule has 25 heavy (non-hydrogen) atoms. The molecule has 0 saturated heterocycles. The Kier molecular flexibility index (Phi) is 6.07. The van der Waals surface area contributed by atoms with Crippen LogP contribution in [0.15, 0.2) is 24.0 Å². The highest BCUT2D eigenvalue weighted by Crippen LogP contribution is 2.34. The number of hydrazine groups is 1. The number of nitrogens with one attached hydrogen (secondary N) is 1. The van der Waals surface area contributed by atoms with Crippen LogP contribution in [0.4, 0.5) is 26.3 Å². The van der Waals surface area contributed by atoms with Gasteiger partial charge in [0.2, 0.25) is 0 Å². The quantitative estimate of drug-likeness (QED) is 0.276. The molecule has 2 atom stereocenters.